The zero-order valence-corrected chi connectivity index (χ0v) is 13.5. The lowest BCUT2D eigenvalue weighted by Gasteiger charge is -2.08. The summed E-state index contributed by atoms with van der Waals surface area (Å²) in [5.41, 5.74) is 1.21. The summed E-state index contributed by atoms with van der Waals surface area (Å²) >= 11 is 0. The van der Waals surface area contributed by atoms with Crippen LogP contribution in [-0.4, -0.2) is 29.5 Å². The van der Waals surface area contributed by atoms with E-state index >= 15 is 0 Å². The minimum Gasteiger partial charge on any atom is -0.497 e. The van der Waals surface area contributed by atoms with Crippen LogP contribution in [0.25, 0.3) is 0 Å². The van der Waals surface area contributed by atoms with Crippen molar-refractivity contribution in [2.75, 3.05) is 19.0 Å². The molecule has 0 radical (unpaired) electrons. The number of unbranched alkanes of at least 4 members (excludes halogenated alkanes) is 2. The van der Waals surface area contributed by atoms with E-state index in [-0.39, 0.29) is 5.91 Å². The Balaban J connectivity index is 1.96. The molecule has 1 aromatic carbocycles. The number of anilines is 2. The summed E-state index contributed by atoms with van der Waals surface area (Å²) in [4.78, 5) is 20.2. The SMILES string of the molecule is CCCCCNC(=O)c1cc(Nc2ccc(OC)cc2)ncn1. The smallest absolute Gasteiger partial charge is 0.270 e. The quantitative estimate of drug-likeness (QED) is 0.732. The van der Waals surface area contributed by atoms with Crippen LogP contribution < -0.4 is 15.4 Å². The van der Waals surface area contributed by atoms with Crippen molar-refractivity contribution < 1.29 is 9.53 Å². The highest BCUT2D eigenvalue weighted by Crippen LogP contribution is 2.18. The third kappa shape index (κ3) is 5.25. The first kappa shape index (κ1) is 16.7. The number of hydrogen-bond donors (Lipinski definition) is 2. The molecule has 0 saturated carbocycles. The van der Waals surface area contributed by atoms with Crippen molar-refractivity contribution >= 4 is 17.4 Å². The van der Waals surface area contributed by atoms with Gasteiger partial charge >= 0.3 is 0 Å². The molecule has 2 aromatic rings. The molecule has 0 aliphatic carbocycles. The molecule has 0 atom stereocenters. The van der Waals surface area contributed by atoms with Crippen LogP contribution in [-0.2, 0) is 0 Å². The number of amides is 1. The summed E-state index contributed by atoms with van der Waals surface area (Å²) in [5.74, 6) is 1.18. The molecule has 0 fully saturated rings. The Morgan fingerprint density at radius 2 is 1.96 bits per heavy atom. The van der Waals surface area contributed by atoms with Crippen molar-refractivity contribution in [3.05, 3.63) is 42.4 Å². The highest BCUT2D eigenvalue weighted by molar-refractivity contribution is 5.92. The van der Waals surface area contributed by atoms with Crippen LogP contribution >= 0.6 is 0 Å². The number of carbonyl (C=O) groups excluding carboxylic acids is 1. The topological polar surface area (TPSA) is 76.1 Å². The van der Waals surface area contributed by atoms with Gasteiger partial charge in [-0.05, 0) is 30.7 Å². The second-order valence-corrected chi connectivity index (χ2v) is 5.10. The Morgan fingerprint density at radius 1 is 1.17 bits per heavy atom. The molecule has 1 aromatic heterocycles. The van der Waals surface area contributed by atoms with Crippen molar-refractivity contribution in [3.8, 4) is 5.75 Å². The number of aromatic nitrogens is 2. The Hall–Kier alpha value is -2.63. The van der Waals surface area contributed by atoms with Gasteiger partial charge in [-0.3, -0.25) is 4.79 Å². The average molecular weight is 314 g/mol. The van der Waals surface area contributed by atoms with Crippen molar-refractivity contribution in [3.63, 3.8) is 0 Å². The largest absolute Gasteiger partial charge is 0.497 e. The van der Waals surface area contributed by atoms with Gasteiger partial charge in [-0.15, -0.1) is 0 Å². The van der Waals surface area contributed by atoms with E-state index in [0.717, 1.165) is 30.7 Å². The fourth-order valence-corrected chi connectivity index (χ4v) is 2.04. The van der Waals surface area contributed by atoms with Crippen LogP contribution in [0.2, 0.25) is 0 Å². The van der Waals surface area contributed by atoms with E-state index in [1.807, 2.05) is 24.3 Å². The predicted octanol–water partition coefficient (Wildman–Crippen LogP) is 3.15. The summed E-state index contributed by atoms with van der Waals surface area (Å²) in [6.45, 7) is 2.79. The van der Waals surface area contributed by atoms with Crippen molar-refractivity contribution in [1.29, 1.82) is 0 Å². The van der Waals surface area contributed by atoms with E-state index in [4.69, 9.17) is 4.74 Å². The minimum atomic E-state index is -0.179. The van der Waals surface area contributed by atoms with Crippen LogP contribution in [0.1, 0.15) is 36.7 Å². The average Bonchev–Trinajstić information content (AvgIpc) is 2.59. The van der Waals surface area contributed by atoms with Gasteiger partial charge < -0.3 is 15.4 Å². The van der Waals surface area contributed by atoms with Crippen LogP contribution in [0, 0.1) is 0 Å². The van der Waals surface area contributed by atoms with Crippen LogP contribution in [0.15, 0.2) is 36.7 Å². The Morgan fingerprint density at radius 3 is 2.65 bits per heavy atom. The summed E-state index contributed by atoms with van der Waals surface area (Å²) in [6.07, 6.45) is 4.59. The van der Waals surface area contributed by atoms with Gasteiger partial charge in [0.1, 0.15) is 23.6 Å². The molecule has 0 aliphatic heterocycles. The van der Waals surface area contributed by atoms with Crippen LogP contribution in [0.4, 0.5) is 11.5 Å². The zero-order valence-electron chi connectivity index (χ0n) is 13.5. The molecule has 1 amide bonds. The first-order valence-corrected chi connectivity index (χ1v) is 7.74. The number of hydrogen-bond acceptors (Lipinski definition) is 5. The van der Waals surface area contributed by atoms with Gasteiger partial charge in [0.05, 0.1) is 7.11 Å². The number of carbonyl (C=O) groups is 1. The van der Waals surface area contributed by atoms with Crippen LogP contribution in [0.3, 0.4) is 0 Å². The molecule has 0 aliphatic rings. The molecule has 2 rings (SSSR count). The fourth-order valence-electron chi connectivity index (χ4n) is 2.04. The van der Waals surface area contributed by atoms with E-state index in [1.165, 1.54) is 6.33 Å². The lowest BCUT2D eigenvalue weighted by molar-refractivity contribution is 0.0948. The molecule has 0 unspecified atom stereocenters. The van der Waals surface area contributed by atoms with Gasteiger partial charge in [0.2, 0.25) is 0 Å². The van der Waals surface area contributed by atoms with Gasteiger partial charge in [-0.25, -0.2) is 9.97 Å². The molecule has 6 nitrogen and oxygen atoms in total. The van der Waals surface area contributed by atoms with E-state index in [9.17, 15) is 4.79 Å². The van der Waals surface area contributed by atoms with E-state index < -0.39 is 0 Å². The monoisotopic (exact) mass is 314 g/mol. The first-order valence-electron chi connectivity index (χ1n) is 7.74. The van der Waals surface area contributed by atoms with Gasteiger partial charge in [-0.1, -0.05) is 19.8 Å². The summed E-state index contributed by atoms with van der Waals surface area (Å²) < 4.78 is 5.12. The van der Waals surface area contributed by atoms with Crippen molar-refractivity contribution in [2.24, 2.45) is 0 Å². The van der Waals surface area contributed by atoms with E-state index in [0.29, 0.717) is 18.1 Å². The maximum atomic E-state index is 12.1. The summed E-state index contributed by atoms with van der Waals surface area (Å²) in [5, 5.41) is 6.01. The van der Waals surface area contributed by atoms with Gasteiger partial charge in [-0.2, -0.15) is 0 Å². The fraction of sp³-hybridized carbons (Fsp3) is 0.353. The zero-order chi connectivity index (χ0) is 16.5. The highest BCUT2D eigenvalue weighted by atomic mass is 16.5. The molecule has 23 heavy (non-hydrogen) atoms. The van der Waals surface area contributed by atoms with Crippen LogP contribution in [0.5, 0.6) is 5.75 Å². The van der Waals surface area contributed by atoms with Crippen molar-refractivity contribution in [1.82, 2.24) is 15.3 Å². The second-order valence-electron chi connectivity index (χ2n) is 5.10. The lowest BCUT2D eigenvalue weighted by Crippen LogP contribution is -2.25. The number of rotatable bonds is 8. The van der Waals surface area contributed by atoms with E-state index in [1.54, 1.807) is 13.2 Å². The third-order valence-electron chi connectivity index (χ3n) is 3.33. The summed E-state index contributed by atoms with van der Waals surface area (Å²) in [6, 6.07) is 9.10. The first-order chi connectivity index (χ1) is 11.2. The normalized spacial score (nSPS) is 10.2. The molecule has 6 heteroatoms. The molecule has 0 saturated heterocycles. The van der Waals surface area contributed by atoms with Gasteiger partial charge in [0.15, 0.2) is 0 Å². The molecular formula is C17H22N4O2. The second kappa shape index (κ2) is 8.73. The molecule has 2 N–H and O–H groups in total. The molecular weight excluding hydrogens is 292 g/mol. The number of methoxy groups -OCH3 is 1. The Bertz CT molecular complexity index is 629. The molecule has 0 bridgehead atoms. The number of benzene rings is 1. The standard InChI is InChI=1S/C17H22N4O2/c1-3-4-5-10-18-17(22)15-11-16(20-12-19-15)21-13-6-8-14(23-2)9-7-13/h6-9,11-12H,3-5,10H2,1-2H3,(H,18,22)(H,19,20,21). The predicted molar refractivity (Wildman–Crippen MR) is 90.2 cm³/mol. The number of ether oxygens (including phenoxy) is 1. The Kier molecular flexibility index (Phi) is 6.35. The summed E-state index contributed by atoms with van der Waals surface area (Å²) in [7, 11) is 1.62. The third-order valence-corrected chi connectivity index (χ3v) is 3.33. The maximum absolute atomic E-state index is 12.1. The number of nitrogens with one attached hydrogen (secondary N) is 2. The van der Waals surface area contributed by atoms with E-state index in [2.05, 4.69) is 27.5 Å². The van der Waals surface area contributed by atoms with Gasteiger partial charge in [0.25, 0.3) is 5.91 Å². The minimum absolute atomic E-state index is 0.179. The maximum Gasteiger partial charge on any atom is 0.270 e. The number of nitrogens with zero attached hydrogens (tertiary/aromatic N) is 2. The van der Waals surface area contributed by atoms with Gasteiger partial charge in [0, 0.05) is 18.3 Å². The van der Waals surface area contributed by atoms with Crippen molar-refractivity contribution in [2.45, 2.75) is 26.2 Å². The highest BCUT2D eigenvalue weighted by Gasteiger charge is 2.08. The molecule has 1 heterocycles. The lowest BCUT2D eigenvalue weighted by atomic mass is 10.2. The molecule has 0 spiro atoms. The molecule has 122 valence electrons. The Labute approximate surface area is 136 Å².